The van der Waals surface area contributed by atoms with Gasteiger partial charge in [0, 0.05) is 25.4 Å². The Hall–Kier alpha value is -2.14. The van der Waals surface area contributed by atoms with Crippen LogP contribution in [0.3, 0.4) is 0 Å². The van der Waals surface area contributed by atoms with Crippen molar-refractivity contribution in [2.75, 3.05) is 41.3 Å². The van der Waals surface area contributed by atoms with Crippen LogP contribution in [0.15, 0.2) is 18.2 Å². The summed E-state index contributed by atoms with van der Waals surface area (Å²) in [5.74, 6) is 0.148. The van der Waals surface area contributed by atoms with Crippen LogP contribution in [-0.4, -0.2) is 74.4 Å². The maximum absolute atomic E-state index is 12.3. The Morgan fingerprint density at radius 1 is 1.32 bits per heavy atom. The fourth-order valence-electron chi connectivity index (χ4n) is 2.57. The molecular weight excluding hydrogens is 386 g/mol. The summed E-state index contributed by atoms with van der Waals surface area (Å²) >= 11 is 0. The van der Waals surface area contributed by atoms with Crippen LogP contribution < -0.4 is 5.32 Å². The van der Waals surface area contributed by atoms with E-state index in [1.165, 1.54) is 0 Å². The third-order valence-corrected chi connectivity index (χ3v) is 4.54. The van der Waals surface area contributed by atoms with Crippen LogP contribution in [0.1, 0.15) is 22.5 Å². The van der Waals surface area contributed by atoms with Crippen LogP contribution in [0.25, 0.3) is 10.9 Å². The molecule has 0 aliphatic carbocycles. The number of nitrogens with zero attached hydrogens (tertiary/aromatic N) is 2. The third kappa shape index (κ3) is 7.12. The molecule has 0 aliphatic rings. The Morgan fingerprint density at radius 2 is 1.89 bits per heavy atom. The number of carbonyl (C=O) groups is 1. The van der Waals surface area contributed by atoms with Crippen molar-refractivity contribution in [3.05, 3.63) is 29.5 Å². The molecule has 2 N–H and O–H groups in total. The standard InChI is InChI=1S/C17H25N3O2.CH4O4S/c1-12-7-8-14-13(16(12)21)11-15(19(14)2)17(22)18-9-6-10-20(3,4)5;1-5-6(2,3)4/h7-8,11H,6,9-10H2,1-5H3,(H-,18,21,22);1H3,(H,2,3,4). The molecule has 0 unspecified atom stereocenters. The van der Waals surface area contributed by atoms with Crippen LogP contribution in [0.4, 0.5) is 0 Å². The molecule has 1 aromatic heterocycles. The summed E-state index contributed by atoms with van der Waals surface area (Å²) in [6, 6.07) is 5.55. The number of fused-ring (bicyclic) bond motifs is 1. The summed E-state index contributed by atoms with van der Waals surface area (Å²) in [7, 11) is 4.65. The Bertz CT molecular complexity index is 929. The second-order valence-corrected chi connectivity index (χ2v) is 8.60. The van der Waals surface area contributed by atoms with Crippen LogP contribution in [0.2, 0.25) is 0 Å². The lowest BCUT2D eigenvalue weighted by molar-refractivity contribution is -0.870. The number of aromatic hydroxyl groups is 1. The first kappa shape index (κ1) is 23.9. The largest absolute Gasteiger partial charge is 0.726 e. The van der Waals surface area contributed by atoms with Crippen LogP contribution >= 0.6 is 0 Å². The molecule has 9 nitrogen and oxygen atoms in total. The first-order chi connectivity index (χ1) is 12.8. The molecule has 158 valence electrons. The number of carbonyl (C=O) groups excluding carboxylic acids is 1. The summed E-state index contributed by atoms with van der Waals surface area (Å²) in [5.41, 5.74) is 2.24. The predicted molar refractivity (Wildman–Crippen MR) is 106 cm³/mol. The molecule has 0 radical (unpaired) electrons. The molecule has 1 aromatic carbocycles. The lowest BCUT2D eigenvalue weighted by Crippen LogP contribution is -2.37. The van der Waals surface area contributed by atoms with E-state index in [0.717, 1.165) is 41.0 Å². The van der Waals surface area contributed by atoms with Crippen molar-refractivity contribution in [2.45, 2.75) is 13.3 Å². The highest BCUT2D eigenvalue weighted by Gasteiger charge is 2.16. The molecule has 0 fully saturated rings. The number of rotatable bonds is 6. The molecule has 2 aromatic rings. The fourth-order valence-corrected chi connectivity index (χ4v) is 2.57. The average Bonchev–Trinajstić information content (AvgIpc) is 2.91. The maximum atomic E-state index is 12.3. The predicted octanol–water partition coefficient (Wildman–Crippen LogP) is 1.11. The third-order valence-electron chi connectivity index (χ3n) is 4.13. The molecule has 0 aliphatic heterocycles. The van der Waals surface area contributed by atoms with Crippen molar-refractivity contribution in [3.8, 4) is 5.75 Å². The van der Waals surface area contributed by atoms with Crippen LogP contribution in [-0.2, 0) is 21.6 Å². The van der Waals surface area contributed by atoms with Crippen molar-refractivity contribution in [1.29, 1.82) is 0 Å². The summed E-state index contributed by atoms with van der Waals surface area (Å²) in [5, 5.41) is 13.8. The van der Waals surface area contributed by atoms with Crippen molar-refractivity contribution in [3.63, 3.8) is 0 Å². The van der Waals surface area contributed by atoms with Gasteiger partial charge in [0.1, 0.15) is 11.4 Å². The highest BCUT2D eigenvalue weighted by atomic mass is 32.3. The van der Waals surface area contributed by atoms with Gasteiger partial charge >= 0.3 is 0 Å². The number of hydrogen-bond acceptors (Lipinski definition) is 6. The van der Waals surface area contributed by atoms with Crippen LogP contribution in [0, 0.1) is 6.92 Å². The van der Waals surface area contributed by atoms with Gasteiger partial charge in [-0.1, -0.05) is 6.07 Å². The number of hydrogen-bond donors (Lipinski definition) is 2. The van der Waals surface area contributed by atoms with Gasteiger partial charge in [0.2, 0.25) is 10.4 Å². The van der Waals surface area contributed by atoms with Crippen LogP contribution in [0.5, 0.6) is 5.75 Å². The van der Waals surface area contributed by atoms with Gasteiger partial charge in [0.05, 0.1) is 40.3 Å². The zero-order valence-electron chi connectivity index (χ0n) is 17.1. The molecule has 2 rings (SSSR count). The van der Waals surface area contributed by atoms with Gasteiger partial charge in [-0.2, -0.15) is 0 Å². The molecule has 10 heteroatoms. The quantitative estimate of drug-likeness (QED) is 0.316. The minimum atomic E-state index is -4.41. The molecule has 0 saturated heterocycles. The number of aromatic nitrogens is 1. The second kappa shape index (κ2) is 9.37. The minimum absolute atomic E-state index is 0.0998. The zero-order valence-corrected chi connectivity index (χ0v) is 18.0. The van der Waals surface area contributed by atoms with Gasteiger partial charge in [-0.3, -0.25) is 8.98 Å². The molecule has 0 atom stereocenters. The van der Waals surface area contributed by atoms with Gasteiger partial charge < -0.3 is 24.0 Å². The first-order valence-electron chi connectivity index (χ1n) is 8.65. The van der Waals surface area contributed by atoms with Gasteiger partial charge in [-0.05, 0) is 24.6 Å². The summed E-state index contributed by atoms with van der Waals surface area (Å²) in [6.45, 7) is 3.52. The minimum Gasteiger partial charge on any atom is -0.726 e. The van der Waals surface area contributed by atoms with E-state index in [0.29, 0.717) is 12.2 Å². The van der Waals surface area contributed by atoms with E-state index in [1.807, 2.05) is 30.7 Å². The highest BCUT2D eigenvalue weighted by molar-refractivity contribution is 7.80. The zero-order chi connectivity index (χ0) is 21.7. The lowest BCUT2D eigenvalue weighted by atomic mass is 10.1. The normalized spacial score (nSPS) is 11.8. The van der Waals surface area contributed by atoms with E-state index in [1.54, 1.807) is 6.07 Å². The second-order valence-electron chi connectivity index (χ2n) is 7.45. The fraction of sp³-hybridized carbons (Fsp3) is 0.500. The smallest absolute Gasteiger partial charge is 0.267 e. The molecule has 0 spiro atoms. The Balaban J connectivity index is 0.000000568. The summed E-state index contributed by atoms with van der Waals surface area (Å²) in [4.78, 5) is 12.3. The number of phenolic OH excluding ortho intramolecular Hbond substituents is 1. The Morgan fingerprint density at radius 3 is 2.39 bits per heavy atom. The summed E-state index contributed by atoms with van der Waals surface area (Å²) in [6.07, 6.45) is 0.934. The van der Waals surface area contributed by atoms with E-state index in [-0.39, 0.29) is 11.7 Å². The number of nitrogens with one attached hydrogen (secondary N) is 1. The average molecular weight is 416 g/mol. The monoisotopic (exact) mass is 415 g/mol. The molecule has 1 amide bonds. The van der Waals surface area contributed by atoms with Gasteiger partial charge in [0.15, 0.2) is 0 Å². The topological polar surface area (TPSA) is 121 Å². The van der Waals surface area contributed by atoms with Gasteiger partial charge in [-0.25, -0.2) is 8.42 Å². The molecular formula is C18H29N3O6S. The van der Waals surface area contributed by atoms with E-state index in [2.05, 4.69) is 30.6 Å². The Kier molecular flexibility index (Phi) is 8.00. The first-order valence-corrected chi connectivity index (χ1v) is 9.98. The van der Waals surface area contributed by atoms with E-state index in [4.69, 9.17) is 0 Å². The van der Waals surface area contributed by atoms with Crippen molar-refractivity contribution >= 4 is 27.2 Å². The van der Waals surface area contributed by atoms with E-state index >= 15 is 0 Å². The SMILES string of the molecule is COS(=O)(=O)[O-].Cc1ccc2c(cc(C(=O)NCCC[N+](C)(C)C)n2C)c1O. The maximum Gasteiger partial charge on any atom is 0.267 e. The highest BCUT2D eigenvalue weighted by Crippen LogP contribution is 2.30. The molecule has 0 saturated carbocycles. The van der Waals surface area contributed by atoms with Gasteiger partial charge in [-0.15, -0.1) is 0 Å². The number of benzene rings is 1. The van der Waals surface area contributed by atoms with E-state index in [9.17, 15) is 22.9 Å². The summed E-state index contributed by atoms with van der Waals surface area (Å²) < 4.78 is 33.7. The van der Waals surface area contributed by atoms with Crippen molar-refractivity contribution in [2.24, 2.45) is 7.05 Å². The van der Waals surface area contributed by atoms with Crippen molar-refractivity contribution < 1.29 is 31.5 Å². The number of amides is 1. The molecule has 1 heterocycles. The van der Waals surface area contributed by atoms with Gasteiger partial charge in [0.25, 0.3) is 5.91 Å². The van der Waals surface area contributed by atoms with Crippen molar-refractivity contribution in [1.82, 2.24) is 9.88 Å². The lowest BCUT2D eigenvalue weighted by Gasteiger charge is -2.23. The number of aryl methyl sites for hydroxylation is 2. The van der Waals surface area contributed by atoms with E-state index < -0.39 is 10.4 Å². The molecule has 28 heavy (non-hydrogen) atoms. The molecule has 0 bridgehead atoms. The Labute approximate surface area is 166 Å². The number of phenols is 1. The number of quaternary nitrogens is 1.